The first-order valence-corrected chi connectivity index (χ1v) is 17.9. The Labute approximate surface area is 308 Å². The number of cyclic esters (lactones) is 1. The number of ether oxygens (including phenoxy) is 1. The molecular weight excluding hydrogens is 703 g/mol. The second kappa shape index (κ2) is 14.9. The van der Waals surface area contributed by atoms with Crippen LogP contribution >= 0.6 is 0 Å². The number of amides is 5. The predicted molar refractivity (Wildman–Crippen MR) is 192 cm³/mol. The molecule has 3 aliphatic rings. The molecule has 1 aromatic carbocycles. The van der Waals surface area contributed by atoms with Gasteiger partial charge in [0.05, 0.1) is 34.7 Å². The first-order chi connectivity index (χ1) is 25.6. The van der Waals surface area contributed by atoms with Gasteiger partial charge in [0, 0.05) is 47.7 Å². The van der Waals surface area contributed by atoms with Gasteiger partial charge in [-0.25, -0.2) is 14.2 Å². The summed E-state index contributed by atoms with van der Waals surface area (Å²) < 4.78 is 22.0. The summed E-state index contributed by atoms with van der Waals surface area (Å²) in [5, 5.41) is 19.4. The monoisotopic (exact) mass is 744 g/mol. The van der Waals surface area contributed by atoms with Crippen molar-refractivity contribution in [1.29, 1.82) is 0 Å². The first kappa shape index (κ1) is 38.0. The molecule has 3 aromatic rings. The number of unbranched alkanes of at least 4 members (excludes halogenated alkanes) is 2. The second-order valence-electron chi connectivity index (χ2n) is 14.1. The lowest BCUT2D eigenvalue weighted by Gasteiger charge is -2.31. The molecule has 3 atom stereocenters. The molecule has 284 valence electrons. The summed E-state index contributed by atoms with van der Waals surface area (Å²) in [7, 11) is 0. The van der Waals surface area contributed by atoms with Crippen molar-refractivity contribution in [2.45, 2.75) is 90.6 Å². The molecule has 54 heavy (non-hydrogen) atoms. The van der Waals surface area contributed by atoms with E-state index in [2.05, 4.69) is 20.9 Å². The number of hydrogen-bond donors (Lipinski definition) is 4. The van der Waals surface area contributed by atoms with Gasteiger partial charge in [-0.05, 0) is 50.3 Å². The number of aromatic nitrogens is 2. The molecular formula is C38H41FN6O9. The number of carbonyl (C=O) groups excluding carboxylic acids is 6. The summed E-state index contributed by atoms with van der Waals surface area (Å²) >= 11 is 0. The Bertz CT molecular complexity index is 2180. The number of halogens is 1. The number of nitrogens with zero attached hydrogens (tertiary/aromatic N) is 3. The maximum atomic E-state index is 15.4. The zero-order valence-electron chi connectivity index (χ0n) is 30.3. The van der Waals surface area contributed by atoms with Crippen molar-refractivity contribution in [3.05, 3.63) is 69.3 Å². The van der Waals surface area contributed by atoms with Crippen LogP contribution in [-0.2, 0) is 52.3 Å². The zero-order chi connectivity index (χ0) is 39.1. The quantitative estimate of drug-likeness (QED) is 0.0893. The van der Waals surface area contributed by atoms with Crippen LogP contribution in [0, 0.1) is 11.7 Å². The normalized spacial score (nSPS) is 18.3. The van der Waals surface area contributed by atoms with E-state index in [-0.39, 0.29) is 78.5 Å². The Kier molecular flexibility index (Phi) is 10.5. The number of nitrogens with one attached hydrogen (secondary N) is 3. The molecule has 0 radical (unpaired) electrons. The highest BCUT2D eigenvalue weighted by Gasteiger charge is 2.45. The Morgan fingerprint density at radius 1 is 0.981 bits per heavy atom. The van der Waals surface area contributed by atoms with Crippen molar-refractivity contribution in [3.8, 4) is 11.4 Å². The van der Waals surface area contributed by atoms with Gasteiger partial charge in [-0.1, -0.05) is 27.2 Å². The Morgan fingerprint density at radius 3 is 2.39 bits per heavy atom. The molecule has 4 N–H and O–H groups in total. The summed E-state index contributed by atoms with van der Waals surface area (Å²) in [4.78, 5) is 94.0. The lowest BCUT2D eigenvalue weighted by Crippen LogP contribution is -2.53. The average molecular weight is 745 g/mol. The van der Waals surface area contributed by atoms with E-state index in [0.717, 1.165) is 11.0 Å². The Morgan fingerprint density at radius 2 is 1.70 bits per heavy atom. The number of hydrogen-bond acceptors (Lipinski definition) is 10. The third-order valence-corrected chi connectivity index (χ3v) is 10.1. The number of esters is 1. The standard InChI is InChI=1S/C38H41FN6O9/c1-5-38(53)24-15-28-33-22(17-45(28)36(51)23(24)18-54-37(38)52)13-21-14-27(25(39)16-26(21)41-33)42-34(49)20(4)40-35(50)32(19(2)3)43-29(46)9-7-6-8-12-44-30(47)10-11-31(44)48/h10-11,13-16,19-20,32,53H,5-9,12,17-18H2,1-4H3,(H,40,50)(H,42,49)(H,43,46)/t20?,32-,38-/m0/s1. The van der Waals surface area contributed by atoms with Gasteiger partial charge in [-0.3, -0.25) is 33.7 Å². The fourth-order valence-corrected chi connectivity index (χ4v) is 6.88. The van der Waals surface area contributed by atoms with Gasteiger partial charge in [0.25, 0.3) is 17.4 Å². The third kappa shape index (κ3) is 7.12. The summed E-state index contributed by atoms with van der Waals surface area (Å²) in [6, 6.07) is 3.76. The highest BCUT2D eigenvalue weighted by Crippen LogP contribution is 2.39. The minimum absolute atomic E-state index is 0.00723. The van der Waals surface area contributed by atoms with Crippen molar-refractivity contribution in [2.75, 3.05) is 11.9 Å². The van der Waals surface area contributed by atoms with Gasteiger partial charge in [0.2, 0.25) is 17.7 Å². The van der Waals surface area contributed by atoms with Crippen LogP contribution in [0.3, 0.4) is 0 Å². The minimum atomic E-state index is -1.98. The number of anilines is 1. The Balaban J connectivity index is 1.08. The molecule has 16 heteroatoms. The largest absolute Gasteiger partial charge is 0.458 e. The summed E-state index contributed by atoms with van der Waals surface area (Å²) in [6.45, 7) is 6.65. The van der Waals surface area contributed by atoms with Crippen LogP contribution in [-0.4, -0.2) is 73.7 Å². The topological polar surface area (TPSA) is 206 Å². The fraction of sp³-hybridized carbons (Fsp3) is 0.421. The van der Waals surface area contributed by atoms with Crippen molar-refractivity contribution in [1.82, 2.24) is 25.1 Å². The van der Waals surface area contributed by atoms with Crippen molar-refractivity contribution < 1.29 is 43.0 Å². The minimum Gasteiger partial charge on any atom is -0.458 e. The van der Waals surface area contributed by atoms with Crippen LogP contribution in [0.2, 0.25) is 0 Å². The smallest absolute Gasteiger partial charge is 0.343 e. The number of imide groups is 1. The molecule has 5 heterocycles. The third-order valence-electron chi connectivity index (χ3n) is 10.1. The van der Waals surface area contributed by atoms with Crippen molar-refractivity contribution in [3.63, 3.8) is 0 Å². The summed E-state index contributed by atoms with van der Waals surface area (Å²) in [5.74, 6) is -4.34. The molecule has 0 saturated heterocycles. The predicted octanol–water partition coefficient (Wildman–Crippen LogP) is 2.29. The number of fused-ring (bicyclic) bond motifs is 5. The molecule has 3 aliphatic heterocycles. The van der Waals surface area contributed by atoms with Gasteiger partial charge in [-0.2, -0.15) is 0 Å². The number of carbonyl (C=O) groups is 6. The highest BCUT2D eigenvalue weighted by atomic mass is 19.1. The van der Waals surface area contributed by atoms with Crippen LogP contribution < -0.4 is 21.5 Å². The molecule has 0 aliphatic carbocycles. The molecule has 6 rings (SSSR count). The van der Waals surface area contributed by atoms with E-state index >= 15 is 4.39 Å². The first-order valence-electron chi connectivity index (χ1n) is 17.9. The van der Waals surface area contributed by atoms with E-state index in [9.17, 15) is 38.7 Å². The lowest BCUT2D eigenvalue weighted by molar-refractivity contribution is -0.172. The van der Waals surface area contributed by atoms with Gasteiger partial charge in [0.1, 0.15) is 24.5 Å². The summed E-state index contributed by atoms with van der Waals surface area (Å²) in [6.07, 6.45) is 4.15. The van der Waals surface area contributed by atoms with Gasteiger partial charge in [-0.15, -0.1) is 0 Å². The maximum absolute atomic E-state index is 15.4. The van der Waals surface area contributed by atoms with Crippen LogP contribution in [0.5, 0.6) is 0 Å². The van der Waals surface area contributed by atoms with E-state index in [1.54, 1.807) is 32.9 Å². The molecule has 0 bridgehead atoms. The molecule has 1 unspecified atom stereocenters. The van der Waals surface area contributed by atoms with Crippen LogP contribution in [0.15, 0.2) is 41.2 Å². The second-order valence-corrected chi connectivity index (χ2v) is 14.1. The highest BCUT2D eigenvalue weighted by molar-refractivity contribution is 6.12. The summed E-state index contributed by atoms with van der Waals surface area (Å²) in [5.41, 5.74) is -0.599. The number of rotatable bonds is 13. The Hall–Kier alpha value is -5.77. The van der Waals surface area contributed by atoms with Gasteiger partial charge >= 0.3 is 5.97 Å². The van der Waals surface area contributed by atoms with Crippen LogP contribution in [0.4, 0.5) is 10.1 Å². The van der Waals surface area contributed by atoms with Crippen molar-refractivity contribution in [2.24, 2.45) is 5.92 Å². The van der Waals surface area contributed by atoms with E-state index in [0.29, 0.717) is 41.6 Å². The lowest BCUT2D eigenvalue weighted by atomic mass is 9.86. The fourth-order valence-electron chi connectivity index (χ4n) is 6.88. The van der Waals surface area contributed by atoms with E-state index < -0.39 is 46.8 Å². The molecule has 0 saturated carbocycles. The van der Waals surface area contributed by atoms with E-state index in [1.807, 2.05) is 0 Å². The SMILES string of the molecule is CC[C@@]1(O)C(=O)OCc2c1cc1n(c2=O)Cc2cc3cc(NC(=O)C(C)NC(=O)[C@@H](NC(=O)CCCCCN4C(=O)C=CC4=O)C(C)C)c(F)cc3nc2-1. The molecule has 2 aromatic heterocycles. The van der Waals surface area contributed by atoms with Crippen molar-refractivity contribution >= 4 is 52.1 Å². The van der Waals surface area contributed by atoms with E-state index in [4.69, 9.17) is 4.74 Å². The average Bonchev–Trinajstić information content (AvgIpc) is 3.65. The molecule has 15 nitrogen and oxygen atoms in total. The van der Waals surface area contributed by atoms with Gasteiger partial charge in [0.15, 0.2) is 5.60 Å². The molecule has 0 fully saturated rings. The van der Waals surface area contributed by atoms with E-state index in [1.165, 1.54) is 29.7 Å². The van der Waals surface area contributed by atoms with Crippen LogP contribution in [0.1, 0.15) is 76.5 Å². The maximum Gasteiger partial charge on any atom is 0.343 e. The number of aliphatic hydroxyl groups is 1. The molecule has 0 spiro atoms. The van der Waals surface area contributed by atoms with Crippen LogP contribution in [0.25, 0.3) is 22.3 Å². The number of pyridine rings is 2. The van der Waals surface area contributed by atoms with Gasteiger partial charge < -0.3 is 30.4 Å². The number of benzene rings is 1. The zero-order valence-corrected chi connectivity index (χ0v) is 30.3. The molecule has 5 amide bonds.